The Morgan fingerprint density at radius 2 is 2.08 bits per heavy atom. The van der Waals surface area contributed by atoms with Crippen LogP contribution in [-0.4, -0.2) is 50.7 Å². The highest BCUT2D eigenvalue weighted by Gasteiger charge is 2.21. The Morgan fingerprint density at radius 3 is 2.76 bits per heavy atom. The van der Waals surface area contributed by atoms with Gasteiger partial charge in [-0.2, -0.15) is 0 Å². The molecule has 2 rings (SSSR count). The minimum Gasteiger partial charge on any atom is -0.493 e. The van der Waals surface area contributed by atoms with Gasteiger partial charge in [0, 0.05) is 24.7 Å². The van der Waals surface area contributed by atoms with E-state index in [4.69, 9.17) is 14.2 Å². The average Bonchev–Trinajstić information content (AvgIpc) is 2.63. The molecular formula is C19H25NO5. The van der Waals surface area contributed by atoms with Crippen molar-refractivity contribution in [2.75, 3.05) is 33.9 Å². The number of benzene rings is 1. The quantitative estimate of drug-likeness (QED) is 0.584. The molecule has 1 fully saturated rings. The van der Waals surface area contributed by atoms with Gasteiger partial charge >= 0.3 is 5.97 Å². The Hall–Kier alpha value is -2.50. The van der Waals surface area contributed by atoms with E-state index in [-0.39, 0.29) is 12.5 Å². The van der Waals surface area contributed by atoms with Gasteiger partial charge in [0.05, 0.1) is 14.2 Å². The summed E-state index contributed by atoms with van der Waals surface area (Å²) in [6.45, 7) is 3.35. The number of likely N-dealkylation sites (tertiary alicyclic amines) is 1. The summed E-state index contributed by atoms with van der Waals surface area (Å²) in [5, 5.41) is 0. The summed E-state index contributed by atoms with van der Waals surface area (Å²) in [7, 11) is 3.08. The van der Waals surface area contributed by atoms with E-state index < -0.39 is 5.97 Å². The zero-order chi connectivity index (χ0) is 18.2. The monoisotopic (exact) mass is 347 g/mol. The molecule has 1 aliphatic heterocycles. The molecule has 0 N–H and O–H groups in total. The van der Waals surface area contributed by atoms with Gasteiger partial charge in [-0.25, -0.2) is 4.79 Å². The van der Waals surface area contributed by atoms with Crippen LogP contribution in [0.4, 0.5) is 0 Å². The molecule has 0 aliphatic carbocycles. The van der Waals surface area contributed by atoms with E-state index in [9.17, 15) is 9.59 Å². The minimum absolute atomic E-state index is 0.146. The van der Waals surface area contributed by atoms with Crippen LogP contribution in [0.15, 0.2) is 24.3 Å². The van der Waals surface area contributed by atoms with Gasteiger partial charge in [-0.15, -0.1) is 0 Å². The van der Waals surface area contributed by atoms with E-state index in [0.717, 1.165) is 25.9 Å². The number of rotatable bonds is 6. The average molecular weight is 347 g/mol. The predicted molar refractivity (Wildman–Crippen MR) is 94.5 cm³/mol. The highest BCUT2D eigenvalue weighted by Crippen LogP contribution is 2.31. The first-order valence-electron chi connectivity index (χ1n) is 8.38. The number of nitrogens with zero attached hydrogens (tertiary/aromatic N) is 1. The smallest absolute Gasteiger partial charge is 0.331 e. The minimum atomic E-state index is -0.566. The van der Waals surface area contributed by atoms with Crippen molar-refractivity contribution in [2.45, 2.75) is 19.8 Å². The predicted octanol–water partition coefficient (Wildman–Crippen LogP) is 2.52. The molecule has 1 aromatic carbocycles. The van der Waals surface area contributed by atoms with E-state index in [0.29, 0.717) is 23.0 Å². The molecular weight excluding hydrogens is 322 g/mol. The molecule has 1 aromatic rings. The maximum absolute atomic E-state index is 12.1. The van der Waals surface area contributed by atoms with Crippen molar-refractivity contribution < 1.29 is 23.8 Å². The second-order valence-electron chi connectivity index (χ2n) is 6.11. The Balaban J connectivity index is 1.90. The van der Waals surface area contributed by atoms with E-state index in [1.54, 1.807) is 36.3 Å². The molecule has 1 atom stereocenters. The molecule has 6 nitrogen and oxygen atoms in total. The first kappa shape index (κ1) is 18.8. The van der Waals surface area contributed by atoms with Crippen LogP contribution < -0.4 is 9.47 Å². The van der Waals surface area contributed by atoms with Crippen molar-refractivity contribution in [3.63, 3.8) is 0 Å². The molecule has 0 bridgehead atoms. The summed E-state index contributed by atoms with van der Waals surface area (Å²) >= 11 is 0. The number of esters is 1. The Kier molecular flexibility index (Phi) is 6.86. The zero-order valence-electron chi connectivity index (χ0n) is 15.0. The summed E-state index contributed by atoms with van der Waals surface area (Å²) in [6.07, 6.45) is 4.99. The largest absolute Gasteiger partial charge is 0.493 e. The van der Waals surface area contributed by atoms with Gasteiger partial charge in [-0.3, -0.25) is 4.79 Å². The number of hydrogen-bond donors (Lipinski definition) is 0. The topological polar surface area (TPSA) is 65.1 Å². The Bertz CT molecular complexity index is 641. The van der Waals surface area contributed by atoms with Crippen molar-refractivity contribution >= 4 is 18.0 Å². The number of methoxy groups -OCH3 is 2. The summed E-state index contributed by atoms with van der Waals surface area (Å²) in [5.74, 6) is 0.893. The lowest BCUT2D eigenvalue weighted by molar-refractivity contribution is -0.149. The van der Waals surface area contributed by atoms with Crippen molar-refractivity contribution in [1.82, 2.24) is 4.90 Å². The summed E-state index contributed by atoms with van der Waals surface area (Å²) < 4.78 is 15.6. The number of para-hydroxylation sites is 1. The molecule has 136 valence electrons. The van der Waals surface area contributed by atoms with Crippen LogP contribution in [0.2, 0.25) is 0 Å². The van der Waals surface area contributed by atoms with Gasteiger partial charge in [-0.05, 0) is 30.9 Å². The van der Waals surface area contributed by atoms with Gasteiger partial charge in [0.15, 0.2) is 18.1 Å². The molecule has 0 spiro atoms. The number of carbonyl (C=O) groups excluding carboxylic acids is 2. The van der Waals surface area contributed by atoms with Crippen molar-refractivity contribution in [3.8, 4) is 11.5 Å². The number of amides is 1. The van der Waals surface area contributed by atoms with E-state index in [1.165, 1.54) is 13.2 Å². The summed E-state index contributed by atoms with van der Waals surface area (Å²) in [5.41, 5.74) is 0.690. The van der Waals surface area contributed by atoms with Gasteiger partial charge in [-0.1, -0.05) is 19.1 Å². The normalized spacial score (nSPS) is 17.4. The molecule has 0 radical (unpaired) electrons. The van der Waals surface area contributed by atoms with Gasteiger partial charge < -0.3 is 19.1 Å². The Labute approximate surface area is 148 Å². The van der Waals surface area contributed by atoms with Gasteiger partial charge in [0.25, 0.3) is 5.91 Å². The second kappa shape index (κ2) is 9.11. The van der Waals surface area contributed by atoms with Gasteiger partial charge in [0.1, 0.15) is 0 Å². The van der Waals surface area contributed by atoms with Crippen LogP contribution in [-0.2, 0) is 14.3 Å². The maximum Gasteiger partial charge on any atom is 0.331 e. The number of piperidine rings is 1. The fourth-order valence-corrected chi connectivity index (χ4v) is 2.89. The molecule has 1 aliphatic rings. The molecule has 6 heteroatoms. The third kappa shape index (κ3) is 5.24. The third-order valence-corrected chi connectivity index (χ3v) is 4.18. The summed E-state index contributed by atoms with van der Waals surface area (Å²) in [4.78, 5) is 25.7. The lowest BCUT2D eigenvalue weighted by atomic mass is 10.0. The van der Waals surface area contributed by atoms with Crippen molar-refractivity contribution in [2.24, 2.45) is 5.92 Å². The third-order valence-electron chi connectivity index (χ3n) is 4.18. The van der Waals surface area contributed by atoms with Crippen molar-refractivity contribution in [1.29, 1.82) is 0 Å². The van der Waals surface area contributed by atoms with E-state index in [2.05, 4.69) is 6.92 Å². The highest BCUT2D eigenvalue weighted by atomic mass is 16.5. The van der Waals surface area contributed by atoms with Crippen LogP contribution in [0, 0.1) is 5.92 Å². The SMILES string of the molecule is COc1cccc(/C=C/C(=O)OCC(=O)N2CCC[C@H](C)C2)c1OC. The van der Waals surface area contributed by atoms with Crippen LogP contribution in [0.3, 0.4) is 0 Å². The van der Waals surface area contributed by atoms with Crippen LogP contribution in [0.5, 0.6) is 11.5 Å². The lowest BCUT2D eigenvalue weighted by Gasteiger charge is -2.30. The first-order chi connectivity index (χ1) is 12.0. The summed E-state index contributed by atoms with van der Waals surface area (Å²) in [6, 6.07) is 5.37. The van der Waals surface area contributed by atoms with Crippen LogP contribution >= 0.6 is 0 Å². The number of ether oxygens (including phenoxy) is 3. The standard InChI is InChI=1S/C19H25NO5/c1-14-6-5-11-20(12-14)17(21)13-25-18(22)10-9-15-7-4-8-16(23-2)19(15)24-3/h4,7-10,14H,5-6,11-13H2,1-3H3/b10-9+/t14-/m0/s1. The molecule has 1 saturated heterocycles. The van der Waals surface area contributed by atoms with Gasteiger partial charge in [0.2, 0.25) is 0 Å². The Morgan fingerprint density at radius 1 is 1.28 bits per heavy atom. The molecule has 1 amide bonds. The molecule has 0 saturated carbocycles. The van der Waals surface area contributed by atoms with Crippen LogP contribution in [0.25, 0.3) is 6.08 Å². The highest BCUT2D eigenvalue weighted by molar-refractivity contribution is 5.89. The second-order valence-corrected chi connectivity index (χ2v) is 6.11. The fraction of sp³-hybridized carbons (Fsp3) is 0.474. The first-order valence-corrected chi connectivity index (χ1v) is 8.38. The zero-order valence-corrected chi connectivity index (χ0v) is 15.0. The molecule has 0 unspecified atom stereocenters. The van der Waals surface area contributed by atoms with Crippen LogP contribution in [0.1, 0.15) is 25.3 Å². The molecule has 1 heterocycles. The fourth-order valence-electron chi connectivity index (χ4n) is 2.89. The maximum atomic E-state index is 12.1. The van der Waals surface area contributed by atoms with Crippen molar-refractivity contribution in [3.05, 3.63) is 29.8 Å². The number of hydrogen-bond acceptors (Lipinski definition) is 5. The molecule has 0 aromatic heterocycles. The lowest BCUT2D eigenvalue weighted by Crippen LogP contribution is -2.41. The van der Waals surface area contributed by atoms with E-state index >= 15 is 0 Å². The number of carbonyl (C=O) groups is 2. The molecule has 25 heavy (non-hydrogen) atoms. The van der Waals surface area contributed by atoms with E-state index in [1.807, 2.05) is 0 Å².